The minimum atomic E-state index is 0.388. The Bertz CT molecular complexity index is 899. The van der Waals surface area contributed by atoms with Crippen molar-refractivity contribution in [2.24, 2.45) is 4.99 Å². The molecule has 0 spiro atoms. The summed E-state index contributed by atoms with van der Waals surface area (Å²) in [4.78, 5) is 14.0. The Balaban J connectivity index is 1.78. The summed E-state index contributed by atoms with van der Waals surface area (Å²) in [5, 5.41) is 0. The number of fused-ring (bicyclic) bond motifs is 1. The molecule has 0 amide bonds. The molecule has 5 nitrogen and oxygen atoms in total. The van der Waals surface area contributed by atoms with Crippen molar-refractivity contribution >= 4 is 11.5 Å². The highest BCUT2D eigenvalue weighted by Gasteiger charge is 2.40. The second kappa shape index (κ2) is 6.57. The number of aromatic nitrogens is 2. The van der Waals surface area contributed by atoms with Gasteiger partial charge in [-0.05, 0) is 6.92 Å². The van der Waals surface area contributed by atoms with Crippen LogP contribution in [-0.2, 0) is 6.54 Å². The van der Waals surface area contributed by atoms with Gasteiger partial charge in [0.25, 0.3) is 5.84 Å². The molecule has 0 bridgehead atoms. The van der Waals surface area contributed by atoms with Crippen LogP contribution in [0, 0.1) is 6.92 Å². The zero-order valence-electron chi connectivity index (χ0n) is 15.8. The largest absolute Gasteiger partial charge is 0.330 e. The predicted octanol–water partition coefficient (Wildman–Crippen LogP) is 3.65. The summed E-state index contributed by atoms with van der Waals surface area (Å²) in [6.45, 7) is 8.06. The third kappa shape index (κ3) is 2.99. The third-order valence-electron chi connectivity index (χ3n) is 4.85. The molecule has 0 fully saturated rings. The average molecular weight is 347 g/mol. The molecule has 133 valence electrons. The summed E-state index contributed by atoms with van der Waals surface area (Å²) in [6.07, 6.45) is 8.13. The maximum atomic E-state index is 4.96. The second-order valence-corrected chi connectivity index (χ2v) is 7.34. The lowest BCUT2D eigenvalue weighted by molar-refractivity contribution is 0.373. The first-order chi connectivity index (χ1) is 12.5. The molecule has 1 aromatic carbocycles. The number of allylic oxidation sites excluding steroid dienone is 1. The quantitative estimate of drug-likeness (QED) is 0.792. The monoisotopic (exact) mass is 347 g/mol. The van der Waals surface area contributed by atoms with Crippen molar-refractivity contribution in [2.75, 3.05) is 13.7 Å². The molecular formula is C21H25N5+. The van der Waals surface area contributed by atoms with Gasteiger partial charge in [-0.2, -0.15) is 4.99 Å². The molecule has 5 heteroatoms. The molecule has 0 N–H and O–H groups in total. The molecule has 3 heterocycles. The highest BCUT2D eigenvalue weighted by molar-refractivity contribution is 6.04. The number of nitrogens with zero attached hydrogens (tertiary/aromatic N) is 5. The molecule has 2 aliphatic heterocycles. The van der Waals surface area contributed by atoms with E-state index in [0.29, 0.717) is 5.92 Å². The topological polar surface area (TPSA) is 39.3 Å². The van der Waals surface area contributed by atoms with Gasteiger partial charge in [0, 0.05) is 43.2 Å². The molecule has 0 aliphatic carbocycles. The standard InChI is InChI=1S/C21H25N5/c1-15(2)21-22-10-12-25(21)13-18-20(17-7-5-16(3)6-8-17)23-19-9-11-24(4)14-26(18)19/h5-12,15H,13-14H2,1-4H3/q+1. The van der Waals surface area contributed by atoms with E-state index in [4.69, 9.17) is 4.99 Å². The van der Waals surface area contributed by atoms with Crippen molar-refractivity contribution < 1.29 is 0 Å². The lowest BCUT2D eigenvalue weighted by atomic mass is 10.1. The van der Waals surface area contributed by atoms with Crippen LogP contribution in [0.3, 0.4) is 0 Å². The summed E-state index contributed by atoms with van der Waals surface area (Å²) < 4.78 is 2.24. The molecule has 26 heavy (non-hydrogen) atoms. The Labute approximate surface area is 155 Å². The van der Waals surface area contributed by atoms with Gasteiger partial charge in [-0.15, -0.1) is 0 Å². The van der Waals surface area contributed by atoms with Crippen molar-refractivity contribution in [2.45, 2.75) is 33.2 Å². The van der Waals surface area contributed by atoms with Gasteiger partial charge in [0.2, 0.25) is 12.4 Å². The van der Waals surface area contributed by atoms with E-state index in [9.17, 15) is 0 Å². The lowest BCUT2D eigenvalue weighted by Gasteiger charge is -2.20. The summed E-state index contributed by atoms with van der Waals surface area (Å²) in [5.41, 5.74) is 4.70. The van der Waals surface area contributed by atoms with E-state index < -0.39 is 0 Å². The van der Waals surface area contributed by atoms with E-state index in [1.165, 1.54) is 11.3 Å². The van der Waals surface area contributed by atoms with Gasteiger partial charge >= 0.3 is 0 Å². The van der Waals surface area contributed by atoms with Crippen LogP contribution in [-0.4, -0.2) is 34.0 Å². The number of benzene rings is 1. The molecule has 1 aromatic heterocycles. The number of rotatable bonds is 4. The lowest BCUT2D eigenvalue weighted by Crippen LogP contribution is -2.43. The van der Waals surface area contributed by atoms with Gasteiger partial charge in [0.15, 0.2) is 0 Å². The zero-order valence-corrected chi connectivity index (χ0v) is 15.8. The summed E-state index contributed by atoms with van der Waals surface area (Å²) in [6, 6.07) is 8.63. The predicted molar refractivity (Wildman–Crippen MR) is 106 cm³/mol. The van der Waals surface area contributed by atoms with E-state index in [1.807, 2.05) is 6.20 Å². The molecule has 0 atom stereocenters. The van der Waals surface area contributed by atoms with Crippen molar-refractivity contribution in [1.82, 2.24) is 19.4 Å². The van der Waals surface area contributed by atoms with Crippen molar-refractivity contribution in [3.63, 3.8) is 0 Å². The molecule has 0 saturated carbocycles. The van der Waals surface area contributed by atoms with Crippen LogP contribution in [0.5, 0.6) is 0 Å². The van der Waals surface area contributed by atoms with Gasteiger partial charge in [-0.3, -0.25) is 0 Å². The smallest absolute Gasteiger partial charge is 0.285 e. The van der Waals surface area contributed by atoms with Crippen LogP contribution in [0.4, 0.5) is 0 Å². The molecule has 2 aromatic rings. The minimum Gasteiger partial charge on any atom is -0.330 e. The fraction of sp³-hybridized carbons (Fsp3) is 0.333. The third-order valence-corrected chi connectivity index (χ3v) is 4.85. The Morgan fingerprint density at radius 3 is 2.69 bits per heavy atom. The van der Waals surface area contributed by atoms with Crippen LogP contribution >= 0.6 is 0 Å². The highest BCUT2D eigenvalue weighted by atomic mass is 15.4. The van der Waals surface area contributed by atoms with Gasteiger partial charge in [-0.25, -0.2) is 4.98 Å². The number of hydrogen-bond acceptors (Lipinski definition) is 4. The number of aliphatic imine (C=N–C) groups is 1. The molecule has 0 saturated heterocycles. The van der Waals surface area contributed by atoms with E-state index in [1.54, 1.807) is 0 Å². The molecular weight excluding hydrogens is 322 g/mol. The van der Waals surface area contributed by atoms with Gasteiger partial charge in [-0.1, -0.05) is 48.6 Å². The number of amidine groups is 1. The summed E-state index contributed by atoms with van der Waals surface area (Å²) in [5.74, 6) is 2.51. The molecule has 4 rings (SSSR count). The maximum absolute atomic E-state index is 4.96. The fourth-order valence-electron chi connectivity index (χ4n) is 3.47. The summed E-state index contributed by atoms with van der Waals surface area (Å²) in [7, 11) is 2.09. The Morgan fingerprint density at radius 2 is 1.96 bits per heavy atom. The summed E-state index contributed by atoms with van der Waals surface area (Å²) >= 11 is 0. The van der Waals surface area contributed by atoms with Crippen LogP contribution in [0.1, 0.15) is 36.7 Å². The van der Waals surface area contributed by atoms with Crippen LogP contribution in [0.25, 0.3) is 5.70 Å². The van der Waals surface area contributed by atoms with Gasteiger partial charge < -0.3 is 9.47 Å². The number of aryl methyl sites for hydroxylation is 1. The first kappa shape index (κ1) is 16.8. The van der Waals surface area contributed by atoms with Gasteiger partial charge in [0.05, 0.1) is 0 Å². The number of hydrogen-bond donors (Lipinski definition) is 0. The van der Waals surface area contributed by atoms with Crippen LogP contribution in [0.15, 0.2) is 59.6 Å². The van der Waals surface area contributed by atoms with Crippen molar-refractivity contribution in [3.05, 3.63) is 71.6 Å². The minimum absolute atomic E-state index is 0.388. The fourth-order valence-corrected chi connectivity index (χ4v) is 3.47. The first-order valence-electron chi connectivity index (χ1n) is 9.09. The first-order valence-corrected chi connectivity index (χ1v) is 9.09. The van der Waals surface area contributed by atoms with Gasteiger partial charge in [0.1, 0.15) is 18.1 Å². The SMILES string of the molecule is Cc1ccc(C2=C(Cn3ccnc3C(C)C)[N+]3CN(C)C=CC3=N2)cc1. The van der Waals surface area contributed by atoms with Crippen molar-refractivity contribution in [1.29, 1.82) is 0 Å². The zero-order chi connectivity index (χ0) is 18.3. The van der Waals surface area contributed by atoms with Crippen LogP contribution in [0.2, 0.25) is 0 Å². The Kier molecular flexibility index (Phi) is 4.24. The Hall–Kier alpha value is -2.66. The van der Waals surface area contributed by atoms with E-state index in [0.717, 1.165) is 36.1 Å². The maximum Gasteiger partial charge on any atom is 0.285 e. The molecule has 1 radical (unpaired) electrons. The normalized spacial score (nSPS) is 17.3. The molecule has 2 aliphatic rings. The number of imidazole rings is 1. The van der Waals surface area contributed by atoms with Crippen LogP contribution < -0.4 is 4.90 Å². The average Bonchev–Trinajstić information content (AvgIpc) is 3.21. The van der Waals surface area contributed by atoms with E-state index >= 15 is 0 Å². The second-order valence-electron chi connectivity index (χ2n) is 7.34. The highest BCUT2D eigenvalue weighted by Crippen LogP contribution is 2.31. The van der Waals surface area contributed by atoms with E-state index in [2.05, 4.69) is 89.9 Å². The molecule has 0 unspecified atom stereocenters. The van der Waals surface area contributed by atoms with Crippen molar-refractivity contribution in [3.8, 4) is 0 Å². The van der Waals surface area contributed by atoms with E-state index in [-0.39, 0.29) is 0 Å². The Morgan fingerprint density at radius 1 is 1.19 bits per heavy atom.